The van der Waals surface area contributed by atoms with Crippen LogP contribution in [0.2, 0.25) is 0 Å². The molecule has 1 unspecified atom stereocenters. The molecule has 8 heteroatoms. The summed E-state index contributed by atoms with van der Waals surface area (Å²) in [5, 5.41) is 14.9. The molecule has 0 amide bonds. The fourth-order valence-electron chi connectivity index (χ4n) is 3.15. The molecule has 0 saturated carbocycles. The topological polar surface area (TPSA) is 73.6 Å². The van der Waals surface area contributed by atoms with Gasteiger partial charge in [0.05, 0.1) is 0 Å². The van der Waals surface area contributed by atoms with E-state index in [-0.39, 0.29) is 0 Å². The van der Waals surface area contributed by atoms with Gasteiger partial charge in [-0.2, -0.15) is 0 Å². The Balaban J connectivity index is 1.68. The Hall–Kier alpha value is -1.67. The lowest BCUT2D eigenvalue weighted by Crippen LogP contribution is -2.53. The molecule has 0 bridgehead atoms. The van der Waals surface area contributed by atoms with Gasteiger partial charge in [0.2, 0.25) is 0 Å². The third-order valence-electron chi connectivity index (χ3n) is 4.92. The van der Waals surface area contributed by atoms with Crippen molar-refractivity contribution < 1.29 is 0 Å². The summed E-state index contributed by atoms with van der Waals surface area (Å²) in [6, 6.07) is 0.502. The fraction of sp³-hybridized carbons (Fsp3) is 0.824. The molecule has 2 rings (SSSR count). The highest BCUT2D eigenvalue weighted by atomic mass is 15.3. The molecule has 0 aromatic carbocycles. The summed E-state index contributed by atoms with van der Waals surface area (Å²) in [6.07, 6.45) is 2.69. The number of nitrogens with one attached hydrogen (secondary N) is 2. The maximum atomic E-state index is 4.32. The van der Waals surface area contributed by atoms with E-state index in [9.17, 15) is 0 Å². The largest absolute Gasteiger partial charge is 0.355 e. The van der Waals surface area contributed by atoms with Gasteiger partial charge in [0.1, 0.15) is 12.2 Å². The second kappa shape index (κ2) is 10.4. The fourth-order valence-corrected chi connectivity index (χ4v) is 3.15. The normalized spacial score (nSPS) is 18.3. The van der Waals surface area contributed by atoms with Crippen molar-refractivity contribution in [3.05, 3.63) is 12.2 Å². The number of piperazine rings is 1. The minimum atomic E-state index is 0.502. The van der Waals surface area contributed by atoms with Crippen molar-refractivity contribution in [2.75, 3.05) is 52.9 Å². The predicted molar refractivity (Wildman–Crippen MR) is 102 cm³/mol. The van der Waals surface area contributed by atoms with Gasteiger partial charge in [0.15, 0.2) is 5.96 Å². The molecule has 1 aromatic heterocycles. The standard InChI is InChI=1S/C17H34N8/c1-5-16-22-21-14-25(16)8-7-19-17(18-4)20-13-15(3)24-11-9-23(6-2)10-12-24/h14-15H,5-13H2,1-4H3,(H2,18,19,20). The average Bonchev–Trinajstić information content (AvgIpc) is 3.11. The van der Waals surface area contributed by atoms with E-state index in [0.29, 0.717) is 6.04 Å². The van der Waals surface area contributed by atoms with Crippen LogP contribution >= 0.6 is 0 Å². The summed E-state index contributed by atoms with van der Waals surface area (Å²) in [7, 11) is 1.82. The van der Waals surface area contributed by atoms with Crippen molar-refractivity contribution in [3.8, 4) is 0 Å². The maximum absolute atomic E-state index is 4.32. The van der Waals surface area contributed by atoms with Crippen molar-refractivity contribution in [1.29, 1.82) is 0 Å². The number of aryl methyl sites for hydroxylation is 1. The summed E-state index contributed by atoms with van der Waals surface area (Å²) >= 11 is 0. The Morgan fingerprint density at radius 3 is 2.64 bits per heavy atom. The molecule has 1 aliphatic heterocycles. The second-order valence-corrected chi connectivity index (χ2v) is 6.49. The van der Waals surface area contributed by atoms with E-state index in [1.165, 1.54) is 13.1 Å². The number of aliphatic imine (C=N–C) groups is 1. The quantitative estimate of drug-likeness (QED) is 0.509. The van der Waals surface area contributed by atoms with Gasteiger partial charge in [-0.1, -0.05) is 13.8 Å². The number of likely N-dealkylation sites (N-methyl/N-ethyl adjacent to an activating group) is 1. The van der Waals surface area contributed by atoms with Crippen LogP contribution in [0, 0.1) is 0 Å². The molecule has 25 heavy (non-hydrogen) atoms. The van der Waals surface area contributed by atoms with Crippen LogP contribution in [-0.2, 0) is 13.0 Å². The predicted octanol–water partition coefficient (Wildman–Crippen LogP) is 0.0315. The van der Waals surface area contributed by atoms with E-state index >= 15 is 0 Å². The lowest BCUT2D eigenvalue weighted by Gasteiger charge is -2.37. The third-order valence-corrected chi connectivity index (χ3v) is 4.92. The molecule has 0 aliphatic carbocycles. The third kappa shape index (κ3) is 5.97. The Morgan fingerprint density at radius 2 is 2.00 bits per heavy atom. The van der Waals surface area contributed by atoms with Gasteiger partial charge in [0.25, 0.3) is 0 Å². The van der Waals surface area contributed by atoms with Gasteiger partial charge >= 0.3 is 0 Å². The van der Waals surface area contributed by atoms with Crippen molar-refractivity contribution in [2.45, 2.75) is 39.8 Å². The molecular formula is C17H34N8. The summed E-state index contributed by atoms with van der Waals surface area (Å²) in [6.45, 7) is 15.0. The molecule has 1 saturated heterocycles. The number of hydrogen-bond acceptors (Lipinski definition) is 5. The van der Waals surface area contributed by atoms with E-state index in [0.717, 1.165) is 57.5 Å². The number of hydrogen-bond donors (Lipinski definition) is 2. The average molecular weight is 351 g/mol. The van der Waals surface area contributed by atoms with E-state index in [1.807, 2.05) is 7.05 Å². The first-order valence-corrected chi connectivity index (χ1v) is 9.45. The zero-order chi connectivity index (χ0) is 18.1. The summed E-state index contributed by atoms with van der Waals surface area (Å²) < 4.78 is 2.08. The van der Waals surface area contributed by atoms with Crippen LogP contribution in [0.5, 0.6) is 0 Å². The SMILES string of the molecule is CCc1nncn1CCNC(=NC)NCC(C)N1CCN(CC)CC1. The lowest BCUT2D eigenvalue weighted by atomic mass is 10.2. The van der Waals surface area contributed by atoms with Gasteiger partial charge in [-0.3, -0.25) is 9.89 Å². The molecule has 1 aliphatic rings. The molecule has 1 aromatic rings. The molecule has 1 fully saturated rings. The van der Waals surface area contributed by atoms with Crippen LogP contribution in [0.3, 0.4) is 0 Å². The Kier molecular flexibility index (Phi) is 8.14. The van der Waals surface area contributed by atoms with Crippen LogP contribution in [0.1, 0.15) is 26.6 Å². The minimum Gasteiger partial charge on any atom is -0.355 e. The summed E-state index contributed by atoms with van der Waals surface area (Å²) in [5.74, 6) is 1.87. The summed E-state index contributed by atoms with van der Waals surface area (Å²) in [4.78, 5) is 9.38. The lowest BCUT2D eigenvalue weighted by molar-refractivity contribution is 0.107. The van der Waals surface area contributed by atoms with E-state index < -0.39 is 0 Å². The Bertz CT molecular complexity index is 518. The van der Waals surface area contributed by atoms with Crippen molar-refractivity contribution in [1.82, 2.24) is 35.2 Å². The van der Waals surface area contributed by atoms with Crippen LogP contribution in [0.25, 0.3) is 0 Å². The first-order chi connectivity index (χ1) is 12.2. The molecule has 0 radical (unpaired) electrons. The molecule has 1 atom stereocenters. The van der Waals surface area contributed by atoms with Gasteiger partial charge in [-0.15, -0.1) is 10.2 Å². The van der Waals surface area contributed by atoms with Gasteiger partial charge in [0, 0.05) is 65.3 Å². The minimum absolute atomic E-state index is 0.502. The molecule has 142 valence electrons. The first kappa shape index (κ1) is 19.7. The zero-order valence-electron chi connectivity index (χ0n) is 16.2. The van der Waals surface area contributed by atoms with Crippen molar-refractivity contribution >= 4 is 5.96 Å². The van der Waals surface area contributed by atoms with E-state index in [4.69, 9.17) is 0 Å². The van der Waals surface area contributed by atoms with Gasteiger partial charge in [-0.25, -0.2) is 0 Å². The van der Waals surface area contributed by atoms with Crippen LogP contribution < -0.4 is 10.6 Å². The summed E-state index contributed by atoms with van der Waals surface area (Å²) in [5.41, 5.74) is 0. The molecule has 0 spiro atoms. The van der Waals surface area contributed by atoms with Crippen molar-refractivity contribution in [3.63, 3.8) is 0 Å². The Morgan fingerprint density at radius 1 is 1.24 bits per heavy atom. The smallest absolute Gasteiger partial charge is 0.191 e. The highest BCUT2D eigenvalue weighted by Crippen LogP contribution is 2.05. The zero-order valence-corrected chi connectivity index (χ0v) is 16.2. The van der Waals surface area contributed by atoms with Crippen molar-refractivity contribution in [2.24, 2.45) is 4.99 Å². The second-order valence-electron chi connectivity index (χ2n) is 6.49. The van der Waals surface area contributed by atoms with E-state index in [1.54, 1.807) is 6.33 Å². The maximum Gasteiger partial charge on any atom is 0.191 e. The van der Waals surface area contributed by atoms with Gasteiger partial charge in [-0.05, 0) is 13.5 Å². The molecule has 2 N–H and O–H groups in total. The highest BCUT2D eigenvalue weighted by Gasteiger charge is 2.20. The molecular weight excluding hydrogens is 316 g/mol. The van der Waals surface area contributed by atoms with Crippen LogP contribution in [0.4, 0.5) is 0 Å². The van der Waals surface area contributed by atoms with Gasteiger partial charge < -0.3 is 20.1 Å². The monoisotopic (exact) mass is 350 g/mol. The van der Waals surface area contributed by atoms with Crippen LogP contribution in [-0.4, -0.2) is 89.4 Å². The number of aromatic nitrogens is 3. The molecule has 8 nitrogen and oxygen atoms in total. The first-order valence-electron chi connectivity index (χ1n) is 9.45. The number of guanidine groups is 1. The van der Waals surface area contributed by atoms with E-state index in [2.05, 4.69) is 61.0 Å². The molecule has 2 heterocycles. The highest BCUT2D eigenvalue weighted by molar-refractivity contribution is 5.79. The number of nitrogens with zero attached hydrogens (tertiary/aromatic N) is 6. The Labute approximate surface area is 151 Å². The van der Waals surface area contributed by atoms with Crippen LogP contribution in [0.15, 0.2) is 11.3 Å². The number of rotatable bonds is 8.